The molecule has 5 heteroatoms. The Bertz CT molecular complexity index is 342. The highest BCUT2D eigenvalue weighted by Crippen LogP contribution is 2.11. The Labute approximate surface area is 95.3 Å². The molecule has 1 aromatic rings. The molecule has 0 spiro atoms. The molecule has 0 fully saturated rings. The molecule has 16 heavy (non-hydrogen) atoms. The fourth-order valence-electron chi connectivity index (χ4n) is 1.16. The maximum Gasteiger partial charge on any atom is 0.218 e. The van der Waals surface area contributed by atoms with Crippen LogP contribution in [0.15, 0.2) is 18.7 Å². The summed E-state index contributed by atoms with van der Waals surface area (Å²) in [6, 6.07) is 1.60. The van der Waals surface area contributed by atoms with Crippen molar-refractivity contribution in [1.82, 2.24) is 9.97 Å². The molecule has 5 nitrogen and oxygen atoms in total. The first-order valence-corrected chi connectivity index (χ1v) is 5.12. The zero-order valence-corrected chi connectivity index (χ0v) is 9.48. The van der Waals surface area contributed by atoms with E-state index in [1.54, 1.807) is 13.2 Å². The monoisotopic (exact) mass is 223 g/mol. The summed E-state index contributed by atoms with van der Waals surface area (Å²) in [6.07, 6.45) is 3.69. The topological polar surface area (TPSA) is 70.3 Å². The molecule has 0 aliphatic rings. The standard InChI is InChI=1S/C11H17N3O2/c1-3-4-5-6-16-11-7-9(12)13-10(14-11)8-15-2/h3,7H,1,4-6,8H2,2H3,(H2,12,13,14). The second-order valence-corrected chi connectivity index (χ2v) is 3.26. The highest BCUT2D eigenvalue weighted by molar-refractivity contribution is 5.32. The van der Waals surface area contributed by atoms with Gasteiger partial charge in [-0.3, -0.25) is 0 Å². The van der Waals surface area contributed by atoms with Gasteiger partial charge in [0, 0.05) is 13.2 Å². The molecular weight excluding hydrogens is 206 g/mol. The first-order chi connectivity index (χ1) is 7.76. The summed E-state index contributed by atoms with van der Waals surface area (Å²) in [5.74, 6) is 1.41. The minimum absolute atomic E-state index is 0.327. The van der Waals surface area contributed by atoms with Crippen LogP contribution in [0.5, 0.6) is 5.88 Å². The zero-order valence-electron chi connectivity index (χ0n) is 9.48. The lowest BCUT2D eigenvalue weighted by Gasteiger charge is -2.06. The third-order valence-corrected chi connectivity index (χ3v) is 1.84. The Balaban J connectivity index is 2.54. The number of allylic oxidation sites excluding steroid dienone is 1. The van der Waals surface area contributed by atoms with Crippen LogP contribution in [0.3, 0.4) is 0 Å². The van der Waals surface area contributed by atoms with E-state index in [2.05, 4.69) is 16.5 Å². The van der Waals surface area contributed by atoms with Crippen molar-refractivity contribution in [2.75, 3.05) is 19.5 Å². The second-order valence-electron chi connectivity index (χ2n) is 3.26. The van der Waals surface area contributed by atoms with Gasteiger partial charge in [0.2, 0.25) is 5.88 Å². The molecule has 0 radical (unpaired) electrons. The summed E-state index contributed by atoms with van der Waals surface area (Å²) in [5.41, 5.74) is 5.62. The molecule has 0 unspecified atom stereocenters. The third kappa shape index (κ3) is 4.27. The van der Waals surface area contributed by atoms with Gasteiger partial charge in [-0.15, -0.1) is 6.58 Å². The van der Waals surface area contributed by atoms with Crippen LogP contribution in [0.2, 0.25) is 0 Å². The van der Waals surface area contributed by atoms with E-state index in [4.69, 9.17) is 15.2 Å². The SMILES string of the molecule is C=CCCCOc1cc(N)nc(COC)n1. The van der Waals surface area contributed by atoms with Crippen LogP contribution in [0.1, 0.15) is 18.7 Å². The summed E-state index contributed by atoms with van der Waals surface area (Å²) in [5, 5.41) is 0. The van der Waals surface area contributed by atoms with Gasteiger partial charge in [-0.05, 0) is 12.8 Å². The number of unbranched alkanes of at least 4 members (excludes halogenated alkanes) is 1. The van der Waals surface area contributed by atoms with Gasteiger partial charge in [-0.1, -0.05) is 6.08 Å². The molecule has 1 rings (SSSR count). The minimum atomic E-state index is 0.327. The summed E-state index contributed by atoms with van der Waals surface area (Å²) in [6.45, 7) is 4.56. The van der Waals surface area contributed by atoms with Gasteiger partial charge in [0.15, 0.2) is 5.82 Å². The van der Waals surface area contributed by atoms with Gasteiger partial charge < -0.3 is 15.2 Å². The highest BCUT2D eigenvalue weighted by Gasteiger charge is 2.03. The predicted molar refractivity (Wildman–Crippen MR) is 62.1 cm³/mol. The molecule has 0 aliphatic heterocycles. The van der Waals surface area contributed by atoms with Gasteiger partial charge in [0.1, 0.15) is 12.4 Å². The zero-order chi connectivity index (χ0) is 11.8. The number of nitrogens with two attached hydrogens (primary N) is 1. The summed E-state index contributed by atoms with van der Waals surface area (Å²) < 4.78 is 10.4. The van der Waals surface area contributed by atoms with Crippen LogP contribution in [0.4, 0.5) is 5.82 Å². The van der Waals surface area contributed by atoms with Gasteiger partial charge in [0.25, 0.3) is 0 Å². The number of nitrogen functional groups attached to an aromatic ring is 1. The molecule has 0 atom stereocenters. The lowest BCUT2D eigenvalue weighted by atomic mass is 10.3. The molecule has 0 amide bonds. The maximum atomic E-state index is 5.62. The Kier molecular flexibility index (Phi) is 5.28. The Morgan fingerprint density at radius 1 is 1.50 bits per heavy atom. The largest absolute Gasteiger partial charge is 0.478 e. The summed E-state index contributed by atoms with van der Waals surface area (Å²) in [4.78, 5) is 8.17. The molecule has 0 aromatic carbocycles. The van der Waals surface area contributed by atoms with Crippen molar-refractivity contribution < 1.29 is 9.47 Å². The third-order valence-electron chi connectivity index (χ3n) is 1.84. The number of anilines is 1. The molecule has 0 bridgehead atoms. The molecule has 0 aliphatic carbocycles. The van der Waals surface area contributed by atoms with Crippen molar-refractivity contribution in [3.05, 3.63) is 24.5 Å². The van der Waals surface area contributed by atoms with Crippen molar-refractivity contribution in [3.8, 4) is 5.88 Å². The van der Waals surface area contributed by atoms with E-state index in [0.29, 0.717) is 30.7 Å². The van der Waals surface area contributed by atoms with E-state index in [9.17, 15) is 0 Å². The maximum absolute atomic E-state index is 5.62. The van der Waals surface area contributed by atoms with Crippen LogP contribution >= 0.6 is 0 Å². The Hall–Kier alpha value is -1.62. The fourth-order valence-corrected chi connectivity index (χ4v) is 1.16. The van der Waals surface area contributed by atoms with Gasteiger partial charge >= 0.3 is 0 Å². The van der Waals surface area contributed by atoms with Crippen molar-refractivity contribution >= 4 is 5.82 Å². The number of rotatable bonds is 7. The molecule has 1 aromatic heterocycles. The van der Waals surface area contributed by atoms with Gasteiger partial charge in [-0.25, -0.2) is 4.98 Å². The van der Waals surface area contributed by atoms with Gasteiger partial charge in [-0.2, -0.15) is 4.98 Å². The smallest absolute Gasteiger partial charge is 0.218 e. The average molecular weight is 223 g/mol. The first-order valence-electron chi connectivity index (χ1n) is 5.12. The first kappa shape index (κ1) is 12.4. The normalized spacial score (nSPS) is 10.1. The van der Waals surface area contributed by atoms with Crippen LogP contribution in [0.25, 0.3) is 0 Å². The number of hydrogen-bond donors (Lipinski definition) is 1. The molecular formula is C11H17N3O2. The summed E-state index contributed by atoms with van der Waals surface area (Å²) >= 11 is 0. The molecule has 88 valence electrons. The molecule has 0 saturated carbocycles. The van der Waals surface area contributed by atoms with Crippen LogP contribution in [-0.2, 0) is 11.3 Å². The summed E-state index contributed by atoms with van der Waals surface area (Å²) in [7, 11) is 1.58. The van der Waals surface area contributed by atoms with Crippen molar-refractivity contribution in [3.63, 3.8) is 0 Å². The van der Waals surface area contributed by atoms with Crippen LogP contribution < -0.4 is 10.5 Å². The highest BCUT2D eigenvalue weighted by atomic mass is 16.5. The molecule has 0 saturated heterocycles. The Morgan fingerprint density at radius 3 is 3.00 bits per heavy atom. The number of ether oxygens (including phenoxy) is 2. The molecule has 1 heterocycles. The second kappa shape index (κ2) is 6.79. The lowest BCUT2D eigenvalue weighted by Crippen LogP contribution is -2.05. The van der Waals surface area contributed by atoms with E-state index in [0.717, 1.165) is 12.8 Å². The number of nitrogens with zero attached hydrogens (tertiary/aromatic N) is 2. The van der Waals surface area contributed by atoms with E-state index in [1.807, 2.05) is 6.08 Å². The van der Waals surface area contributed by atoms with Crippen molar-refractivity contribution in [2.24, 2.45) is 0 Å². The number of aromatic nitrogens is 2. The van der Waals surface area contributed by atoms with E-state index in [1.165, 1.54) is 0 Å². The predicted octanol–water partition coefficient (Wildman–Crippen LogP) is 1.55. The van der Waals surface area contributed by atoms with Crippen molar-refractivity contribution in [1.29, 1.82) is 0 Å². The number of methoxy groups -OCH3 is 1. The minimum Gasteiger partial charge on any atom is -0.478 e. The van der Waals surface area contributed by atoms with Crippen LogP contribution in [-0.4, -0.2) is 23.7 Å². The van der Waals surface area contributed by atoms with Gasteiger partial charge in [0.05, 0.1) is 6.61 Å². The number of hydrogen-bond acceptors (Lipinski definition) is 5. The fraction of sp³-hybridized carbons (Fsp3) is 0.455. The van der Waals surface area contributed by atoms with Crippen LogP contribution in [0, 0.1) is 0 Å². The van der Waals surface area contributed by atoms with Crippen molar-refractivity contribution in [2.45, 2.75) is 19.4 Å². The van der Waals surface area contributed by atoms with E-state index in [-0.39, 0.29) is 0 Å². The van der Waals surface area contributed by atoms with E-state index < -0.39 is 0 Å². The Morgan fingerprint density at radius 2 is 2.31 bits per heavy atom. The lowest BCUT2D eigenvalue weighted by molar-refractivity contribution is 0.176. The quantitative estimate of drug-likeness (QED) is 0.561. The molecule has 2 N–H and O–H groups in total. The van der Waals surface area contributed by atoms with E-state index >= 15 is 0 Å². The average Bonchev–Trinajstić information content (AvgIpc) is 2.24.